The number of aromatic carboxylic acids is 1. The highest BCUT2D eigenvalue weighted by Gasteiger charge is 2.15. The Morgan fingerprint density at radius 1 is 0.921 bits per heavy atom. The van der Waals surface area contributed by atoms with E-state index in [1.54, 1.807) is 67.9 Å². The van der Waals surface area contributed by atoms with Gasteiger partial charge < -0.3 is 24.1 Å². The second kappa shape index (κ2) is 11.7. The summed E-state index contributed by atoms with van der Waals surface area (Å²) in [5.74, 6) is 0.548. The van der Waals surface area contributed by atoms with Gasteiger partial charge in [0.15, 0.2) is 17.3 Å². The zero-order chi connectivity index (χ0) is 27.1. The highest BCUT2D eigenvalue weighted by Crippen LogP contribution is 2.39. The highest BCUT2D eigenvalue weighted by atomic mass is 16.5. The van der Waals surface area contributed by atoms with Crippen LogP contribution in [0, 0.1) is 0 Å². The van der Waals surface area contributed by atoms with Crippen LogP contribution in [0.25, 0.3) is 11.8 Å². The molecule has 0 spiro atoms. The van der Waals surface area contributed by atoms with Crippen molar-refractivity contribution in [2.45, 2.75) is 6.61 Å². The second-order valence-electron chi connectivity index (χ2n) is 7.98. The smallest absolute Gasteiger partial charge is 0.335 e. The molecule has 0 aliphatic heterocycles. The van der Waals surface area contributed by atoms with Gasteiger partial charge in [0.05, 0.1) is 38.8 Å². The van der Waals surface area contributed by atoms with Gasteiger partial charge in [-0.05, 0) is 54.1 Å². The number of carboxylic acids is 1. The van der Waals surface area contributed by atoms with Crippen LogP contribution in [0.15, 0.2) is 72.9 Å². The maximum atomic E-state index is 12.6. The first-order chi connectivity index (χ1) is 18.4. The van der Waals surface area contributed by atoms with Crippen LogP contribution in [0.4, 0.5) is 0 Å². The first-order valence-corrected chi connectivity index (χ1v) is 11.4. The maximum absolute atomic E-state index is 12.6. The number of nitrogens with zero attached hydrogens (tertiary/aromatic N) is 3. The summed E-state index contributed by atoms with van der Waals surface area (Å²) in [6.45, 7) is 0.0504. The second-order valence-corrected chi connectivity index (χ2v) is 7.98. The van der Waals surface area contributed by atoms with E-state index < -0.39 is 5.97 Å². The van der Waals surface area contributed by atoms with Crippen molar-refractivity contribution in [3.8, 4) is 28.7 Å². The molecule has 0 radical (unpaired) electrons. The fourth-order valence-corrected chi connectivity index (χ4v) is 3.60. The van der Waals surface area contributed by atoms with Crippen molar-refractivity contribution in [3.05, 3.63) is 95.3 Å². The van der Waals surface area contributed by atoms with Crippen molar-refractivity contribution >= 4 is 17.8 Å². The molecule has 1 N–H and O–H groups in total. The van der Waals surface area contributed by atoms with E-state index in [-0.39, 0.29) is 18.0 Å². The molecular weight excluding hydrogens is 490 g/mol. The molecule has 38 heavy (non-hydrogen) atoms. The van der Waals surface area contributed by atoms with Gasteiger partial charge in [0.2, 0.25) is 5.75 Å². The Kier molecular flexibility index (Phi) is 8.02. The number of aromatic nitrogens is 3. The van der Waals surface area contributed by atoms with E-state index >= 15 is 0 Å². The Hall–Kier alpha value is -5.12. The van der Waals surface area contributed by atoms with Gasteiger partial charge in [0.25, 0.3) is 0 Å². The lowest BCUT2D eigenvalue weighted by molar-refractivity contribution is 0.0696. The predicted octanol–water partition coefficient (Wildman–Crippen LogP) is 4.47. The van der Waals surface area contributed by atoms with Gasteiger partial charge in [0.1, 0.15) is 18.1 Å². The Morgan fingerprint density at radius 3 is 2.32 bits per heavy atom. The molecule has 0 amide bonds. The van der Waals surface area contributed by atoms with Crippen LogP contribution in [0.3, 0.4) is 0 Å². The van der Waals surface area contributed by atoms with Crippen molar-refractivity contribution in [2.75, 3.05) is 21.3 Å². The van der Waals surface area contributed by atoms with Gasteiger partial charge in [-0.25, -0.2) is 9.48 Å². The Morgan fingerprint density at radius 2 is 1.63 bits per heavy atom. The lowest BCUT2D eigenvalue weighted by atomic mass is 10.1. The minimum Gasteiger partial charge on any atom is -0.497 e. The molecule has 0 aliphatic rings. The van der Waals surface area contributed by atoms with E-state index in [9.17, 15) is 14.7 Å². The minimum atomic E-state index is -1.03. The summed E-state index contributed by atoms with van der Waals surface area (Å²) in [6, 6.07) is 16.7. The van der Waals surface area contributed by atoms with Gasteiger partial charge in [-0.3, -0.25) is 4.79 Å². The summed E-state index contributed by atoms with van der Waals surface area (Å²) in [5, 5.41) is 17.4. The summed E-state index contributed by atoms with van der Waals surface area (Å²) < 4.78 is 23.6. The number of ether oxygens (including phenoxy) is 4. The lowest BCUT2D eigenvalue weighted by Gasteiger charge is -2.14. The Balaban J connectivity index is 1.50. The number of benzene rings is 3. The topological polar surface area (TPSA) is 122 Å². The minimum absolute atomic E-state index is 0.0504. The third-order valence-corrected chi connectivity index (χ3v) is 5.53. The lowest BCUT2D eigenvalue weighted by Crippen LogP contribution is -2.01. The number of carbonyl (C=O) groups is 2. The Labute approximate surface area is 218 Å². The van der Waals surface area contributed by atoms with Crippen LogP contribution < -0.4 is 18.9 Å². The average Bonchev–Trinajstić information content (AvgIpc) is 3.43. The number of carboxylic acid groups (broad SMARTS) is 1. The average molecular weight is 516 g/mol. The summed E-state index contributed by atoms with van der Waals surface area (Å²) in [7, 11) is 4.55. The van der Waals surface area contributed by atoms with E-state index in [1.807, 2.05) is 0 Å². The van der Waals surface area contributed by atoms with E-state index in [2.05, 4.69) is 10.3 Å². The quantitative estimate of drug-likeness (QED) is 0.228. The summed E-state index contributed by atoms with van der Waals surface area (Å²) >= 11 is 0. The molecule has 4 rings (SSSR count). The number of allylic oxidation sites excluding steroid dienone is 1. The van der Waals surface area contributed by atoms with Gasteiger partial charge in [-0.2, -0.15) is 0 Å². The van der Waals surface area contributed by atoms with Crippen LogP contribution in [0.1, 0.15) is 32.0 Å². The molecule has 0 bridgehead atoms. The molecule has 0 atom stereocenters. The van der Waals surface area contributed by atoms with Crippen LogP contribution in [0.5, 0.6) is 23.0 Å². The zero-order valence-electron chi connectivity index (χ0n) is 21.0. The Bertz CT molecular complexity index is 1470. The third kappa shape index (κ3) is 5.98. The normalized spacial score (nSPS) is 10.8. The standard InChI is InChI=1S/C28H25N3O7/c1-35-23-9-5-6-19(15-23)24(32)11-10-18-12-25(36-2)27(26(13-18)37-3)38-17-21-16-31(30-29-21)22-8-4-7-20(14-22)28(33)34/h4-16H,17H2,1-3H3,(H,33,34)/b11-10+. The van der Waals surface area contributed by atoms with Crippen molar-refractivity contribution in [2.24, 2.45) is 0 Å². The first kappa shape index (κ1) is 26.0. The van der Waals surface area contributed by atoms with E-state index in [0.717, 1.165) is 0 Å². The van der Waals surface area contributed by atoms with Gasteiger partial charge >= 0.3 is 5.97 Å². The molecule has 1 heterocycles. The monoisotopic (exact) mass is 515 g/mol. The van der Waals surface area contributed by atoms with Crippen LogP contribution in [-0.2, 0) is 6.61 Å². The zero-order valence-corrected chi connectivity index (χ0v) is 21.0. The molecule has 10 nitrogen and oxygen atoms in total. The van der Waals surface area contributed by atoms with E-state index in [0.29, 0.717) is 45.5 Å². The molecule has 10 heteroatoms. The molecule has 3 aromatic carbocycles. The molecule has 0 saturated carbocycles. The fourth-order valence-electron chi connectivity index (χ4n) is 3.60. The van der Waals surface area contributed by atoms with Crippen molar-refractivity contribution < 1.29 is 33.6 Å². The van der Waals surface area contributed by atoms with Crippen LogP contribution in [-0.4, -0.2) is 53.2 Å². The van der Waals surface area contributed by atoms with Gasteiger partial charge in [0, 0.05) is 5.56 Å². The van der Waals surface area contributed by atoms with E-state index in [4.69, 9.17) is 18.9 Å². The first-order valence-electron chi connectivity index (χ1n) is 11.4. The number of ketones is 1. The number of carbonyl (C=O) groups excluding carboxylic acids is 1. The van der Waals surface area contributed by atoms with Crippen molar-refractivity contribution in [1.29, 1.82) is 0 Å². The maximum Gasteiger partial charge on any atom is 0.335 e. The number of hydrogen-bond acceptors (Lipinski definition) is 8. The number of hydrogen-bond donors (Lipinski definition) is 1. The van der Waals surface area contributed by atoms with Crippen LogP contribution in [0.2, 0.25) is 0 Å². The highest BCUT2D eigenvalue weighted by molar-refractivity contribution is 6.07. The third-order valence-electron chi connectivity index (χ3n) is 5.53. The molecule has 1 aromatic heterocycles. The predicted molar refractivity (Wildman–Crippen MR) is 139 cm³/mol. The number of rotatable bonds is 11. The molecule has 4 aromatic rings. The SMILES string of the molecule is COc1cccc(C(=O)/C=C/c2cc(OC)c(OCc3cn(-c4cccc(C(=O)O)c4)nn3)c(OC)c2)c1. The molecule has 0 unspecified atom stereocenters. The summed E-state index contributed by atoms with van der Waals surface area (Å²) in [4.78, 5) is 23.8. The molecule has 194 valence electrons. The number of methoxy groups -OCH3 is 3. The summed E-state index contributed by atoms with van der Waals surface area (Å²) in [5.41, 5.74) is 2.37. The molecular formula is C28H25N3O7. The summed E-state index contributed by atoms with van der Waals surface area (Å²) in [6.07, 6.45) is 4.76. The molecule has 0 saturated heterocycles. The molecule has 0 fully saturated rings. The van der Waals surface area contributed by atoms with Crippen LogP contribution >= 0.6 is 0 Å². The van der Waals surface area contributed by atoms with Crippen molar-refractivity contribution in [3.63, 3.8) is 0 Å². The van der Waals surface area contributed by atoms with Gasteiger partial charge in [-0.15, -0.1) is 5.10 Å². The fraction of sp³-hybridized carbons (Fsp3) is 0.143. The largest absolute Gasteiger partial charge is 0.497 e. The van der Waals surface area contributed by atoms with Crippen molar-refractivity contribution in [1.82, 2.24) is 15.0 Å². The van der Waals surface area contributed by atoms with Gasteiger partial charge in [-0.1, -0.05) is 29.5 Å². The van der Waals surface area contributed by atoms with E-state index in [1.165, 1.54) is 37.1 Å². The molecule has 0 aliphatic carbocycles.